The van der Waals surface area contributed by atoms with E-state index in [9.17, 15) is 0 Å². The van der Waals surface area contributed by atoms with Crippen LogP contribution in [0.15, 0.2) is 23.3 Å². The number of nitrogens with one attached hydrogen (secondary N) is 3. The van der Waals surface area contributed by atoms with Crippen LogP contribution in [0.3, 0.4) is 0 Å². The molecule has 1 fully saturated rings. The first-order valence-corrected chi connectivity index (χ1v) is 9.42. The number of hydrogen-bond acceptors (Lipinski definition) is 5. The molecular formula is C18H29N4O3S+. The summed E-state index contributed by atoms with van der Waals surface area (Å²) in [6.07, 6.45) is 2.65. The van der Waals surface area contributed by atoms with Crippen LogP contribution in [0.2, 0.25) is 0 Å². The summed E-state index contributed by atoms with van der Waals surface area (Å²) >= 11 is 5.24. The highest BCUT2D eigenvalue weighted by molar-refractivity contribution is 7.80. The molecule has 8 heteroatoms. The molecule has 1 heterocycles. The minimum absolute atomic E-state index is 0.517. The van der Waals surface area contributed by atoms with Crippen molar-refractivity contribution in [3.8, 4) is 11.5 Å². The maximum atomic E-state index is 5.64. The third-order valence-corrected chi connectivity index (χ3v) is 4.23. The lowest BCUT2D eigenvalue weighted by atomic mass is 10.2. The molecule has 1 aliphatic rings. The number of thiocarbonyl (C=S) groups is 1. The quantitative estimate of drug-likeness (QED) is 0.323. The average molecular weight is 382 g/mol. The third kappa shape index (κ3) is 7.15. The molecule has 2 rings (SSSR count). The Morgan fingerprint density at radius 1 is 1.35 bits per heavy atom. The summed E-state index contributed by atoms with van der Waals surface area (Å²) in [7, 11) is 1.63. The highest BCUT2D eigenvalue weighted by Gasteiger charge is 2.12. The van der Waals surface area contributed by atoms with E-state index in [2.05, 4.69) is 22.8 Å². The molecule has 1 saturated heterocycles. The van der Waals surface area contributed by atoms with Gasteiger partial charge in [-0.15, -0.1) is 0 Å². The maximum Gasteiger partial charge on any atom is 0.187 e. The molecule has 0 aromatic heterocycles. The van der Waals surface area contributed by atoms with Gasteiger partial charge >= 0.3 is 0 Å². The predicted molar refractivity (Wildman–Crippen MR) is 106 cm³/mol. The Morgan fingerprint density at radius 2 is 2.15 bits per heavy atom. The standard InChI is InChI=1S/C18H28N4O3S/c1-3-10-25-16-5-4-15(13-17(16)23-2)14-20-21-18(26)19-6-7-22-8-11-24-12-9-22/h4-5,13-14H,3,6-12H2,1-2H3,(H2,19,21,26)/p+1/b20-14-. The minimum Gasteiger partial charge on any atom is -0.493 e. The summed E-state index contributed by atoms with van der Waals surface area (Å²) in [6, 6.07) is 5.70. The first-order chi connectivity index (χ1) is 12.7. The second-order valence-electron chi connectivity index (χ2n) is 6.00. The molecule has 1 aliphatic heterocycles. The topological polar surface area (TPSA) is 68.5 Å². The lowest BCUT2D eigenvalue weighted by molar-refractivity contribution is -0.906. The van der Waals surface area contributed by atoms with Gasteiger partial charge in [0.1, 0.15) is 13.1 Å². The van der Waals surface area contributed by atoms with Gasteiger partial charge in [0.2, 0.25) is 0 Å². The van der Waals surface area contributed by atoms with Gasteiger partial charge in [-0.05, 0) is 42.4 Å². The van der Waals surface area contributed by atoms with E-state index in [0.29, 0.717) is 17.5 Å². The van der Waals surface area contributed by atoms with Crippen molar-refractivity contribution in [2.75, 3.05) is 53.1 Å². The van der Waals surface area contributed by atoms with Crippen LogP contribution in [0.4, 0.5) is 0 Å². The molecule has 0 saturated carbocycles. The summed E-state index contributed by atoms with van der Waals surface area (Å²) in [6.45, 7) is 8.36. The summed E-state index contributed by atoms with van der Waals surface area (Å²) in [5, 5.41) is 7.86. The third-order valence-electron chi connectivity index (χ3n) is 3.99. The predicted octanol–water partition coefficient (Wildman–Crippen LogP) is 0.197. The van der Waals surface area contributed by atoms with Crippen molar-refractivity contribution in [2.45, 2.75) is 13.3 Å². The Bertz CT molecular complexity index is 592. The molecule has 0 atom stereocenters. The van der Waals surface area contributed by atoms with Crippen molar-refractivity contribution in [2.24, 2.45) is 5.10 Å². The molecule has 0 unspecified atom stereocenters. The van der Waals surface area contributed by atoms with Gasteiger partial charge in [-0.1, -0.05) is 6.92 Å². The number of ether oxygens (including phenoxy) is 3. The lowest BCUT2D eigenvalue weighted by Gasteiger charge is -2.23. The smallest absolute Gasteiger partial charge is 0.187 e. The van der Waals surface area contributed by atoms with Gasteiger partial charge < -0.3 is 24.4 Å². The van der Waals surface area contributed by atoms with Crippen LogP contribution < -0.4 is 25.1 Å². The van der Waals surface area contributed by atoms with Crippen molar-refractivity contribution in [3.63, 3.8) is 0 Å². The van der Waals surface area contributed by atoms with Crippen LogP contribution in [0.25, 0.3) is 0 Å². The van der Waals surface area contributed by atoms with Crippen LogP contribution in [-0.4, -0.2) is 64.4 Å². The number of nitrogens with zero attached hydrogens (tertiary/aromatic N) is 1. The lowest BCUT2D eigenvalue weighted by Crippen LogP contribution is -3.14. The Hall–Kier alpha value is -1.90. The highest BCUT2D eigenvalue weighted by atomic mass is 32.1. The first kappa shape index (κ1) is 20.4. The molecule has 3 N–H and O–H groups in total. The maximum absolute atomic E-state index is 5.64. The van der Waals surface area contributed by atoms with Crippen LogP contribution in [-0.2, 0) is 4.74 Å². The van der Waals surface area contributed by atoms with E-state index < -0.39 is 0 Å². The second kappa shape index (κ2) is 11.7. The van der Waals surface area contributed by atoms with E-state index in [1.165, 1.54) is 4.90 Å². The van der Waals surface area contributed by atoms with Crippen LogP contribution in [0.5, 0.6) is 11.5 Å². The Balaban J connectivity index is 1.73. The largest absolute Gasteiger partial charge is 0.493 e. The zero-order chi connectivity index (χ0) is 18.6. The van der Waals surface area contributed by atoms with E-state index in [4.69, 9.17) is 26.4 Å². The number of rotatable bonds is 9. The monoisotopic (exact) mass is 381 g/mol. The minimum atomic E-state index is 0.517. The van der Waals surface area contributed by atoms with Gasteiger partial charge in [0.15, 0.2) is 16.6 Å². The fourth-order valence-electron chi connectivity index (χ4n) is 2.56. The zero-order valence-electron chi connectivity index (χ0n) is 15.5. The summed E-state index contributed by atoms with van der Waals surface area (Å²) in [4.78, 5) is 1.53. The number of quaternary nitrogens is 1. The summed E-state index contributed by atoms with van der Waals surface area (Å²) in [5.74, 6) is 1.43. The molecule has 1 aromatic carbocycles. The molecule has 0 aliphatic carbocycles. The zero-order valence-corrected chi connectivity index (χ0v) is 16.4. The van der Waals surface area contributed by atoms with Gasteiger partial charge in [-0.3, -0.25) is 5.43 Å². The summed E-state index contributed by atoms with van der Waals surface area (Å²) in [5.41, 5.74) is 3.74. The van der Waals surface area contributed by atoms with Crippen molar-refractivity contribution in [1.29, 1.82) is 0 Å². The van der Waals surface area contributed by atoms with Gasteiger partial charge in [0.05, 0.1) is 46.2 Å². The van der Waals surface area contributed by atoms with Crippen LogP contribution in [0, 0.1) is 0 Å². The van der Waals surface area contributed by atoms with Crippen LogP contribution in [0.1, 0.15) is 18.9 Å². The van der Waals surface area contributed by atoms with Crippen molar-refractivity contribution in [3.05, 3.63) is 23.8 Å². The molecule has 144 valence electrons. The van der Waals surface area contributed by atoms with Gasteiger partial charge in [0.25, 0.3) is 0 Å². The molecule has 26 heavy (non-hydrogen) atoms. The molecule has 0 spiro atoms. The SMILES string of the molecule is CCCOc1ccc(/C=N\NC(=S)NCC[NH+]2CCOCC2)cc1OC. The van der Waals surface area contributed by atoms with Crippen molar-refractivity contribution < 1.29 is 19.1 Å². The van der Waals surface area contributed by atoms with Gasteiger partial charge in [-0.25, -0.2) is 0 Å². The molecule has 7 nitrogen and oxygen atoms in total. The van der Waals surface area contributed by atoms with Crippen LogP contribution >= 0.6 is 12.2 Å². The highest BCUT2D eigenvalue weighted by Crippen LogP contribution is 2.27. The number of benzene rings is 1. The molecule has 1 aromatic rings. The number of methoxy groups -OCH3 is 1. The van der Waals surface area contributed by atoms with Gasteiger partial charge in [0, 0.05) is 0 Å². The molecular weight excluding hydrogens is 352 g/mol. The van der Waals surface area contributed by atoms with E-state index >= 15 is 0 Å². The van der Waals surface area contributed by atoms with Crippen molar-refractivity contribution >= 4 is 23.5 Å². The van der Waals surface area contributed by atoms with Crippen molar-refractivity contribution in [1.82, 2.24) is 10.7 Å². The first-order valence-electron chi connectivity index (χ1n) is 9.02. The number of morpholine rings is 1. The Morgan fingerprint density at radius 3 is 2.88 bits per heavy atom. The molecule has 0 bridgehead atoms. The molecule has 0 amide bonds. The van der Waals surface area contributed by atoms with E-state index in [-0.39, 0.29) is 0 Å². The Kier molecular flexibility index (Phi) is 9.16. The van der Waals surface area contributed by atoms with Gasteiger partial charge in [-0.2, -0.15) is 5.10 Å². The summed E-state index contributed by atoms with van der Waals surface area (Å²) < 4.78 is 16.4. The van der Waals surface area contributed by atoms with E-state index in [1.807, 2.05) is 18.2 Å². The number of hydrogen-bond donors (Lipinski definition) is 3. The average Bonchev–Trinajstić information content (AvgIpc) is 2.67. The number of hydrazone groups is 1. The van der Waals surface area contributed by atoms with E-state index in [0.717, 1.165) is 57.1 Å². The van der Waals surface area contributed by atoms with E-state index in [1.54, 1.807) is 13.3 Å². The fourth-order valence-corrected chi connectivity index (χ4v) is 2.72. The Labute approximate surface area is 160 Å². The second-order valence-corrected chi connectivity index (χ2v) is 6.41. The fraction of sp³-hybridized carbons (Fsp3) is 0.556. The normalized spacial score (nSPS) is 15.0. The molecule has 0 radical (unpaired) electrons.